The number of rotatable bonds is 6. The largest absolute Gasteiger partial charge is 0.326 e. The highest BCUT2D eigenvalue weighted by Gasteiger charge is 2.09. The molecule has 24 heavy (non-hydrogen) atoms. The van der Waals surface area contributed by atoms with Crippen molar-refractivity contribution in [2.24, 2.45) is 0 Å². The van der Waals surface area contributed by atoms with Crippen molar-refractivity contribution in [3.8, 4) is 0 Å². The molecule has 0 unspecified atom stereocenters. The summed E-state index contributed by atoms with van der Waals surface area (Å²) in [7, 11) is 0. The van der Waals surface area contributed by atoms with E-state index in [1.54, 1.807) is 37.3 Å². The molecule has 2 aromatic rings. The number of carbonyl (C=O) groups is 2. The molecule has 0 aromatic heterocycles. The average molecular weight is 328 g/mol. The van der Waals surface area contributed by atoms with Crippen LogP contribution >= 0.6 is 0 Å². The molecule has 2 N–H and O–H groups in total. The van der Waals surface area contributed by atoms with Crippen LogP contribution in [0.2, 0.25) is 0 Å². The quantitative estimate of drug-likeness (QED) is 0.840. The number of hydrogen-bond donors (Lipinski definition) is 2. The normalized spacial score (nSPS) is 10.3. The first-order valence-electron chi connectivity index (χ1n) is 7.93. The smallest absolute Gasteiger partial charge is 0.224 e. The number of nitrogens with one attached hydrogen (secondary N) is 2. The Morgan fingerprint density at radius 1 is 1.00 bits per heavy atom. The van der Waals surface area contributed by atoms with Gasteiger partial charge in [0.2, 0.25) is 11.8 Å². The molecule has 0 bridgehead atoms. The molecule has 2 rings (SSSR count). The van der Waals surface area contributed by atoms with Gasteiger partial charge in [0.05, 0.1) is 0 Å². The van der Waals surface area contributed by atoms with E-state index in [9.17, 15) is 14.0 Å². The van der Waals surface area contributed by atoms with E-state index in [0.717, 1.165) is 11.1 Å². The summed E-state index contributed by atoms with van der Waals surface area (Å²) >= 11 is 0. The maximum absolute atomic E-state index is 13.1. The minimum absolute atomic E-state index is 0.0762. The maximum atomic E-state index is 13.1. The van der Waals surface area contributed by atoms with Crippen LogP contribution in [0, 0.1) is 12.7 Å². The van der Waals surface area contributed by atoms with Gasteiger partial charge in [-0.2, -0.15) is 0 Å². The first-order valence-corrected chi connectivity index (χ1v) is 7.93. The Hall–Kier alpha value is -2.69. The summed E-state index contributed by atoms with van der Waals surface area (Å²) in [6.45, 7) is 3.62. The summed E-state index contributed by atoms with van der Waals surface area (Å²) in [6.07, 6.45) is 1.12. The minimum Gasteiger partial charge on any atom is -0.326 e. The molecule has 0 radical (unpaired) electrons. The Kier molecular flexibility index (Phi) is 6.07. The van der Waals surface area contributed by atoms with Gasteiger partial charge in [0.1, 0.15) is 5.82 Å². The van der Waals surface area contributed by atoms with E-state index in [1.807, 2.05) is 6.92 Å². The summed E-state index contributed by atoms with van der Waals surface area (Å²) < 4.78 is 13.1. The van der Waals surface area contributed by atoms with Crippen LogP contribution < -0.4 is 10.6 Å². The molecule has 0 aliphatic heterocycles. The SMILES string of the molecule is CCC(=O)Nc1cccc(NC(=O)CCc2cccc(F)c2)c1C. The molecular weight excluding hydrogens is 307 g/mol. The third-order valence-electron chi connectivity index (χ3n) is 3.73. The van der Waals surface area contributed by atoms with Crippen molar-refractivity contribution in [3.05, 3.63) is 59.4 Å². The number of aryl methyl sites for hydroxylation is 1. The monoisotopic (exact) mass is 328 g/mol. The topological polar surface area (TPSA) is 58.2 Å². The maximum Gasteiger partial charge on any atom is 0.224 e. The van der Waals surface area contributed by atoms with Gasteiger partial charge >= 0.3 is 0 Å². The van der Waals surface area contributed by atoms with Crippen LogP contribution in [0.15, 0.2) is 42.5 Å². The molecule has 4 nitrogen and oxygen atoms in total. The molecule has 0 aliphatic rings. The summed E-state index contributed by atoms with van der Waals surface area (Å²) in [5, 5.41) is 5.65. The fourth-order valence-electron chi connectivity index (χ4n) is 2.31. The van der Waals surface area contributed by atoms with E-state index in [4.69, 9.17) is 0 Å². The first-order chi connectivity index (χ1) is 11.5. The minimum atomic E-state index is -0.303. The van der Waals surface area contributed by atoms with Crippen molar-refractivity contribution < 1.29 is 14.0 Å². The molecule has 0 aliphatic carbocycles. The predicted octanol–water partition coefficient (Wildman–Crippen LogP) is 4.05. The van der Waals surface area contributed by atoms with Crippen molar-refractivity contribution in [2.75, 3.05) is 10.6 Å². The van der Waals surface area contributed by atoms with Crippen LogP contribution in [0.5, 0.6) is 0 Å². The molecule has 0 heterocycles. The fraction of sp³-hybridized carbons (Fsp3) is 0.263. The van der Waals surface area contributed by atoms with Gasteiger partial charge in [-0.25, -0.2) is 4.39 Å². The fourth-order valence-corrected chi connectivity index (χ4v) is 2.31. The Bertz CT molecular complexity index is 744. The van der Waals surface area contributed by atoms with E-state index in [-0.39, 0.29) is 24.1 Å². The van der Waals surface area contributed by atoms with E-state index in [1.165, 1.54) is 12.1 Å². The predicted molar refractivity (Wildman–Crippen MR) is 93.5 cm³/mol. The van der Waals surface area contributed by atoms with Gasteiger partial charge in [0.15, 0.2) is 0 Å². The Labute approximate surface area is 141 Å². The molecule has 0 fully saturated rings. The number of carbonyl (C=O) groups excluding carboxylic acids is 2. The second-order valence-electron chi connectivity index (χ2n) is 5.56. The van der Waals surface area contributed by atoms with E-state index in [2.05, 4.69) is 10.6 Å². The van der Waals surface area contributed by atoms with E-state index >= 15 is 0 Å². The Morgan fingerprint density at radius 3 is 2.25 bits per heavy atom. The van der Waals surface area contributed by atoms with Crippen LogP contribution in [-0.4, -0.2) is 11.8 Å². The lowest BCUT2D eigenvalue weighted by molar-refractivity contribution is -0.116. The van der Waals surface area contributed by atoms with Crippen molar-refractivity contribution >= 4 is 23.2 Å². The summed E-state index contributed by atoms with van der Waals surface area (Å²) in [6, 6.07) is 11.6. The van der Waals surface area contributed by atoms with Crippen LogP contribution in [0.3, 0.4) is 0 Å². The van der Waals surface area contributed by atoms with Gasteiger partial charge in [-0.15, -0.1) is 0 Å². The van der Waals surface area contributed by atoms with Crippen molar-refractivity contribution in [1.82, 2.24) is 0 Å². The summed E-state index contributed by atoms with van der Waals surface area (Å²) in [5.74, 6) is -0.530. The summed E-state index contributed by atoms with van der Waals surface area (Å²) in [5.41, 5.74) is 2.93. The average Bonchev–Trinajstić information content (AvgIpc) is 2.56. The molecule has 126 valence electrons. The standard InChI is InChI=1S/C19H21FN2O2/c1-3-18(23)21-16-8-5-9-17(13(16)2)22-19(24)11-10-14-6-4-7-15(20)12-14/h4-9,12H,3,10-11H2,1-2H3,(H,21,23)(H,22,24). The van der Waals surface area contributed by atoms with Crippen LogP contribution in [-0.2, 0) is 16.0 Å². The van der Waals surface area contributed by atoms with E-state index in [0.29, 0.717) is 24.2 Å². The van der Waals surface area contributed by atoms with E-state index < -0.39 is 0 Å². The third kappa shape index (κ3) is 4.91. The molecule has 2 aromatic carbocycles. The molecule has 5 heteroatoms. The van der Waals surface area contributed by atoms with Gasteiger partial charge in [0.25, 0.3) is 0 Å². The first kappa shape index (κ1) is 17.7. The number of hydrogen-bond acceptors (Lipinski definition) is 2. The second-order valence-corrected chi connectivity index (χ2v) is 5.56. The molecular formula is C19H21FN2O2. The third-order valence-corrected chi connectivity index (χ3v) is 3.73. The zero-order valence-corrected chi connectivity index (χ0v) is 13.9. The molecule has 0 spiro atoms. The molecule has 0 saturated heterocycles. The van der Waals surface area contributed by atoms with Crippen molar-refractivity contribution in [3.63, 3.8) is 0 Å². The van der Waals surface area contributed by atoms with Gasteiger partial charge in [-0.1, -0.05) is 25.1 Å². The van der Waals surface area contributed by atoms with Crippen LogP contribution in [0.4, 0.5) is 15.8 Å². The highest BCUT2D eigenvalue weighted by Crippen LogP contribution is 2.23. The highest BCUT2D eigenvalue weighted by molar-refractivity contribution is 5.95. The Morgan fingerprint density at radius 2 is 1.62 bits per heavy atom. The van der Waals surface area contributed by atoms with Crippen molar-refractivity contribution in [1.29, 1.82) is 0 Å². The zero-order chi connectivity index (χ0) is 17.5. The number of amides is 2. The van der Waals surface area contributed by atoms with Gasteiger partial charge in [-0.05, 0) is 48.7 Å². The molecule has 2 amide bonds. The van der Waals surface area contributed by atoms with Gasteiger partial charge in [-0.3, -0.25) is 9.59 Å². The molecule has 0 saturated carbocycles. The van der Waals surface area contributed by atoms with Gasteiger partial charge in [0, 0.05) is 24.2 Å². The number of anilines is 2. The Balaban J connectivity index is 1.98. The number of benzene rings is 2. The number of halogens is 1. The van der Waals surface area contributed by atoms with Crippen LogP contribution in [0.25, 0.3) is 0 Å². The van der Waals surface area contributed by atoms with Gasteiger partial charge < -0.3 is 10.6 Å². The molecule has 0 atom stereocenters. The van der Waals surface area contributed by atoms with Crippen molar-refractivity contribution in [2.45, 2.75) is 33.1 Å². The lowest BCUT2D eigenvalue weighted by atomic mass is 10.1. The highest BCUT2D eigenvalue weighted by atomic mass is 19.1. The zero-order valence-electron chi connectivity index (χ0n) is 13.9. The summed E-state index contributed by atoms with van der Waals surface area (Å²) in [4.78, 5) is 23.6. The lowest BCUT2D eigenvalue weighted by Gasteiger charge is -2.13. The lowest BCUT2D eigenvalue weighted by Crippen LogP contribution is -2.15. The van der Waals surface area contributed by atoms with Crippen LogP contribution in [0.1, 0.15) is 30.9 Å². The second kappa shape index (κ2) is 8.24.